The molecule has 0 bridgehead atoms. The van der Waals surface area contributed by atoms with Crippen LogP contribution in [0.15, 0.2) is 24.8 Å². The van der Waals surface area contributed by atoms with Crippen LogP contribution in [0.5, 0.6) is 0 Å². The van der Waals surface area contributed by atoms with Gasteiger partial charge in [-0.25, -0.2) is 0 Å². The molecule has 2 aliphatic rings. The minimum Gasteiger partial charge on any atom is -0.371 e. The highest BCUT2D eigenvalue weighted by molar-refractivity contribution is 5.75. The summed E-state index contributed by atoms with van der Waals surface area (Å²) >= 11 is 0. The zero-order valence-electron chi connectivity index (χ0n) is 11.6. The molecular formula is C17H23N. The summed E-state index contributed by atoms with van der Waals surface area (Å²) in [4.78, 5) is 2.57. The Labute approximate surface area is 111 Å². The van der Waals surface area contributed by atoms with E-state index in [0.29, 0.717) is 0 Å². The standard InChI is InChI=1S/C17H23N/c1-13(2)15-5-4-14(3)12-16(15)18-10-8-17(6-7-17)9-11-18/h4-5,12H,1,6-11H2,2-3H3. The van der Waals surface area contributed by atoms with Gasteiger partial charge in [-0.3, -0.25) is 0 Å². The number of allylic oxidation sites excluding steroid dienone is 1. The molecule has 0 unspecified atom stereocenters. The van der Waals surface area contributed by atoms with Crippen molar-refractivity contribution >= 4 is 11.3 Å². The van der Waals surface area contributed by atoms with Crippen LogP contribution in [-0.2, 0) is 0 Å². The molecule has 1 saturated heterocycles. The second-order valence-electron chi connectivity index (χ2n) is 6.29. The molecular weight excluding hydrogens is 218 g/mol. The van der Waals surface area contributed by atoms with Gasteiger partial charge >= 0.3 is 0 Å². The number of piperidine rings is 1. The summed E-state index contributed by atoms with van der Waals surface area (Å²) in [6.45, 7) is 10.9. The Bertz CT molecular complexity index is 472. The molecule has 1 heteroatoms. The number of aryl methyl sites for hydroxylation is 1. The number of nitrogens with zero attached hydrogens (tertiary/aromatic N) is 1. The van der Waals surface area contributed by atoms with Crippen LogP contribution in [0, 0.1) is 12.3 Å². The van der Waals surface area contributed by atoms with Crippen molar-refractivity contribution < 1.29 is 0 Å². The van der Waals surface area contributed by atoms with Crippen LogP contribution >= 0.6 is 0 Å². The first-order valence-electron chi connectivity index (χ1n) is 7.11. The van der Waals surface area contributed by atoms with Crippen molar-refractivity contribution in [3.8, 4) is 0 Å². The van der Waals surface area contributed by atoms with E-state index < -0.39 is 0 Å². The summed E-state index contributed by atoms with van der Waals surface area (Å²) in [7, 11) is 0. The lowest BCUT2D eigenvalue weighted by Crippen LogP contribution is -2.34. The molecule has 1 nitrogen and oxygen atoms in total. The number of anilines is 1. The highest BCUT2D eigenvalue weighted by Gasteiger charge is 2.44. The van der Waals surface area contributed by atoms with Crippen molar-refractivity contribution in [3.05, 3.63) is 35.9 Å². The van der Waals surface area contributed by atoms with E-state index in [2.05, 4.69) is 43.5 Å². The number of rotatable bonds is 2. The summed E-state index contributed by atoms with van der Waals surface area (Å²) in [5, 5.41) is 0. The van der Waals surface area contributed by atoms with E-state index in [4.69, 9.17) is 0 Å². The van der Waals surface area contributed by atoms with E-state index in [0.717, 1.165) is 5.41 Å². The molecule has 0 N–H and O–H groups in total. The first-order valence-corrected chi connectivity index (χ1v) is 7.11. The van der Waals surface area contributed by atoms with Crippen LogP contribution in [-0.4, -0.2) is 13.1 Å². The minimum absolute atomic E-state index is 0.754. The first kappa shape index (κ1) is 11.8. The maximum atomic E-state index is 4.12. The topological polar surface area (TPSA) is 3.24 Å². The molecule has 3 rings (SSSR count). The number of benzene rings is 1. The fraction of sp³-hybridized carbons (Fsp3) is 0.529. The molecule has 96 valence electrons. The maximum absolute atomic E-state index is 4.12. The van der Waals surface area contributed by atoms with Gasteiger partial charge in [-0.1, -0.05) is 18.7 Å². The van der Waals surface area contributed by atoms with E-state index >= 15 is 0 Å². The fourth-order valence-corrected chi connectivity index (χ4v) is 3.16. The highest BCUT2D eigenvalue weighted by Crippen LogP contribution is 2.54. The van der Waals surface area contributed by atoms with Gasteiger partial charge in [0.15, 0.2) is 0 Å². The molecule has 0 aromatic heterocycles. The number of hydrogen-bond acceptors (Lipinski definition) is 1. The zero-order valence-corrected chi connectivity index (χ0v) is 11.6. The molecule has 1 aliphatic carbocycles. The predicted octanol–water partition coefficient (Wildman–Crippen LogP) is 4.41. The van der Waals surface area contributed by atoms with Crippen molar-refractivity contribution in [1.29, 1.82) is 0 Å². The molecule has 0 radical (unpaired) electrons. The molecule has 1 aromatic carbocycles. The Morgan fingerprint density at radius 3 is 2.39 bits per heavy atom. The summed E-state index contributed by atoms with van der Waals surface area (Å²) in [6.07, 6.45) is 5.72. The van der Waals surface area contributed by atoms with Gasteiger partial charge in [-0.2, -0.15) is 0 Å². The van der Waals surface area contributed by atoms with Crippen molar-refractivity contribution in [3.63, 3.8) is 0 Å². The van der Waals surface area contributed by atoms with Gasteiger partial charge in [0.2, 0.25) is 0 Å². The highest BCUT2D eigenvalue weighted by atomic mass is 15.1. The van der Waals surface area contributed by atoms with Gasteiger partial charge in [-0.15, -0.1) is 0 Å². The molecule has 1 saturated carbocycles. The average Bonchev–Trinajstić information content (AvgIpc) is 3.09. The molecule has 2 fully saturated rings. The van der Waals surface area contributed by atoms with Crippen molar-refractivity contribution in [2.24, 2.45) is 5.41 Å². The Morgan fingerprint density at radius 2 is 1.83 bits per heavy atom. The Hall–Kier alpha value is -1.24. The third-order valence-electron chi connectivity index (χ3n) is 4.73. The Morgan fingerprint density at radius 1 is 1.17 bits per heavy atom. The molecule has 1 aromatic rings. The lowest BCUT2D eigenvalue weighted by atomic mass is 9.92. The molecule has 1 aliphatic heterocycles. The van der Waals surface area contributed by atoms with Gasteiger partial charge in [-0.05, 0) is 62.1 Å². The largest absolute Gasteiger partial charge is 0.371 e. The summed E-state index contributed by atoms with van der Waals surface area (Å²) in [5.74, 6) is 0. The van der Waals surface area contributed by atoms with Gasteiger partial charge in [0.25, 0.3) is 0 Å². The third kappa shape index (κ3) is 2.07. The van der Waals surface area contributed by atoms with Crippen LogP contribution in [0.2, 0.25) is 0 Å². The monoisotopic (exact) mass is 241 g/mol. The summed E-state index contributed by atoms with van der Waals surface area (Å²) in [6, 6.07) is 6.75. The summed E-state index contributed by atoms with van der Waals surface area (Å²) in [5.41, 5.74) is 6.01. The van der Waals surface area contributed by atoms with Gasteiger partial charge in [0.1, 0.15) is 0 Å². The predicted molar refractivity (Wildman–Crippen MR) is 79.0 cm³/mol. The van der Waals surface area contributed by atoms with Crippen LogP contribution in [0.3, 0.4) is 0 Å². The van der Waals surface area contributed by atoms with E-state index in [9.17, 15) is 0 Å². The first-order chi connectivity index (χ1) is 8.60. The zero-order chi connectivity index (χ0) is 12.8. The fourth-order valence-electron chi connectivity index (χ4n) is 3.16. The van der Waals surface area contributed by atoms with E-state index in [1.54, 1.807) is 0 Å². The van der Waals surface area contributed by atoms with E-state index in [1.807, 2.05) is 0 Å². The molecule has 1 spiro atoms. The second kappa shape index (κ2) is 4.15. The second-order valence-corrected chi connectivity index (χ2v) is 6.29. The van der Waals surface area contributed by atoms with Crippen LogP contribution in [0.4, 0.5) is 5.69 Å². The lowest BCUT2D eigenvalue weighted by Gasteiger charge is -2.35. The molecule has 1 heterocycles. The van der Waals surface area contributed by atoms with E-state index in [1.165, 1.54) is 61.2 Å². The third-order valence-corrected chi connectivity index (χ3v) is 4.73. The van der Waals surface area contributed by atoms with Crippen LogP contribution in [0.25, 0.3) is 5.57 Å². The van der Waals surface area contributed by atoms with Gasteiger partial charge < -0.3 is 4.90 Å². The summed E-state index contributed by atoms with van der Waals surface area (Å²) < 4.78 is 0. The van der Waals surface area contributed by atoms with Crippen molar-refractivity contribution in [1.82, 2.24) is 0 Å². The molecule has 0 atom stereocenters. The Kier molecular flexibility index (Phi) is 2.73. The smallest absolute Gasteiger partial charge is 0.0444 e. The van der Waals surface area contributed by atoms with Crippen molar-refractivity contribution in [2.75, 3.05) is 18.0 Å². The number of hydrogen-bond donors (Lipinski definition) is 0. The van der Waals surface area contributed by atoms with Crippen molar-refractivity contribution in [2.45, 2.75) is 39.5 Å². The lowest BCUT2D eigenvalue weighted by molar-refractivity contribution is 0.384. The van der Waals surface area contributed by atoms with Crippen LogP contribution < -0.4 is 4.90 Å². The van der Waals surface area contributed by atoms with Crippen LogP contribution in [0.1, 0.15) is 43.7 Å². The quantitative estimate of drug-likeness (QED) is 0.741. The van der Waals surface area contributed by atoms with Gasteiger partial charge in [0, 0.05) is 24.3 Å². The van der Waals surface area contributed by atoms with Gasteiger partial charge in [0.05, 0.1) is 0 Å². The molecule has 0 amide bonds. The average molecular weight is 241 g/mol. The normalized spacial score (nSPS) is 21.1. The van der Waals surface area contributed by atoms with E-state index in [-0.39, 0.29) is 0 Å². The maximum Gasteiger partial charge on any atom is 0.0444 e. The Balaban J connectivity index is 1.86. The minimum atomic E-state index is 0.754. The molecule has 18 heavy (non-hydrogen) atoms. The SMILES string of the molecule is C=C(C)c1ccc(C)cc1N1CCC2(CC1)CC2.